The van der Waals surface area contributed by atoms with Gasteiger partial charge in [0.1, 0.15) is 4.70 Å². The number of pyridine rings is 1. The number of thiophene rings is 1. The van der Waals surface area contributed by atoms with Crippen LogP contribution in [0.4, 0.5) is 0 Å². The second-order valence-electron chi connectivity index (χ2n) is 5.66. The first kappa shape index (κ1) is 14.3. The third kappa shape index (κ3) is 3.03. The van der Waals surface area contributed by atoms with Gasteiger partial charge in [-0.25, -0.2) is 0 Å². The van der Waals surface area contributed by atoms with Gasteiger partial charge in [-0.1, -0.05) is 38.7 Å². The number of hydrogen-bond donors (Lipinski definition) is 1. The molecule has 0 unspecified atom stereocenters. The number of hydrogen-bond acceptors (Lipinski definition) is 2. The second-order valence-corrected chi connectivity index (χ2v) is 6.58. The molecule has 3 rings (SSSR count). The third-order valence-electron chi connectivity index (χ3n) is 4.06. The highest BCUT2D eigenvalue weighted by atomic mass is 32.1. The van der Waals surface area contributed by atoms with E-state index in [0.717, 1.165) is 22.0 Å². The van der Waals surface area contributed by atoms with E-state index in [2.05, 4.69) is 36.2 Å². The van der Waals surface area contributed by atoms with E-state index in [1.165, 1.54) is 54.4 Å². The van der Waals surface area contributed by atoms with E-state index in [4.69, 9.17) is 0 Å². The number of H-pyrrole nitrogens is 1. The van der Waals surface area contributed by atoms with Crippen LogP contribution in [-0.4, -0.2) is 4.98 Å². The van der Waals surface area contributed by atoms with Crippen molar-refractivity contribution in [1.29, 1.82) is 0 Å². The summed E-state index contributed by atoms with van der Waals surface area (Å²) in [6.45, 7) is 2.25. The van der Waals surface area contributed by atoms with Crippen LogP contribution in [0.25, 0.3) is 21.0 Å². The summed E-state index contributed by atoms with van der Waals surface area (Å²) in [4.78, 5) is 15.0. The van der Waals surface area contributed by atoms with Gasteiger partial charge in [0.25, 0.3) is 5.56 Å². The van der Waals surface area contributed by atoms with E-state index >= 15 is 0 Å². The molecule has 0 bridgehead atoms. The first-order valence-electron chi connectivity index (χ1n) is 7.81. The fraction of sp³-hybridized carbons (Fsp3) is 0.389. The minimum absolute atomic E-state index is 0.0276. The summed E-state index contributed by atoms with van der Waals surface area (Å²) in [5.74, 6) is 0. The minimum atomic E-state index is 0.0276. The van der Waals surface area contributed by atoms with Gasteiger partial charge in [-0.15, -0.1) is 11.3 Å². The number of fused-ring (bicyclic) bond motifs is 3. The van der Waals surface area contributed by atoms with Gasteiger partial charge in [-0.05, 0) is 42.0 Å². The van der Waals surface area contributed by atoms with Crippen molar-refractivity contribution in [3.05, 3.63) is 45.6 Å². The van der Waals surface area contributed by atoms with Gasteiger partial charge in [-0.2, -0.15) is 0 Å². The Labute approximate surface area is 128 Å². The molecule has 2 nitrogen and oxygen atoms in total. The Balaban J connectivity index is 1.85. The van der Waals surface area contributed by atoms with Crippen molar-refractivity contribution in [1.82, 2.24) is 4.98 Å². The summed E-state index contributed by atoms with van der Waals surface area (Å²) in [6, 6.07) is 8.51. The van der Waals surface area contributed by atoms with Gasteiger partial charge in [0, 0.05) is 16.3 Å². The lowest BCUT2D eigenvalue weighted by molar-refractivity contribution is 0.632. The molecule has 21 heavy (non-hydrogen) atoms. The number of unbranched alkanes of at least 4 members (excludes halogenated alkanes) is 4. The zero-order chi connectivity index (χ0) is 14.7. The SMILES string of the molecule is CCCCCCCc1ccc2[nH]c(=O)c3sccc3c2c1. The molecule has 1 aromatic carbocycles. The van der Waals surface area contributed by atoms with Crippen LogP contribution in [0, 0.1) is 0 Å². The van der Waals surface area contributed by atoms with Gasteiger partial charge in [0.2, 0.25) is 0 Å². The van der Waals surface area contributed by atoms with Crippen LogP contribution in [0.2, 0.25) is 0 Å². The Morgan fingerprint density at radius 1 is 1.05 bits per heavy atom. The molecular formula is C18H21NOS. The summed E-state index contributed by atoms with van der Waals surface area (Å²) in [5.41, 5.74) is 2.35. The summed E-state index contributed by atoms with van der Waals surface area (Å²) in [7, 11) is 0. The normalized spacial score (nSPS) is 11.5. The predicted molar refractivity (Wildman–Crippen MR) is 92.4 cm³/mol. The van der Waals surface area contributed by atoms with Crippen LogP contribution in [0.15, 0.2) is 34.4 Å². The van der Waals surface area contributed by atoms with Crippen molar-refractivity contribution in [2.24, 2.45) is 0 Å². The molecule has 3 heteroatoms. The fourth-order valence-corrected chi connectivity index (χ4v) is 3.69. The van der Waals surface area contributed by atoms with E-state index in [1.54, 1.807) is 0 Å². The van der Waals surface area contributed by atoms with Crippen LogP contribution in [0.3, 0.4) is 0 Å². The van der Waals surface area contributed by atoms with Crippen molar-refractivity contribution in [3.63, 3.8) is 0 Å². The third-order valence-corrected chi connectivity index (χ3v) is 4.98. The largest absolute Gasteiger partial charge is 0.321 e. The predicted octanol–water partition coefficient (Wildman–Crippen LogP) is 5.26. The molecule has 0 aliphatic heterocycles. The van der Waals surface area contributed by atoms with Crippen LogP contribution in [0.5, 0.6) is 0 Å². The Morgan fingerprint density at radius 3 is 2.76 bits per heavy atom. The maximum Gasteiger partial charge on any atom is 0.266 e. The molecule has 0 radical (unpaired) electrons. The van der Waals surface area contributed by atoms with E-state index in [0.29, 0.717) is 0 Å². The van der Waals surface area contributed by atoms with Crippen LogP contribution in [0.1, 0.15) is 44.6 Å². The topological polar surface area (TPSA) is 32.9 Å². The molecule has 1 N–H and O–H groups in total. The molecule has 2 heterocycles. The lowest BCUT2D eigenvalue weighted by Crippen LogP contribution is -2.04. The summed E-state index contributed by atoms with van der Waals surface area (Å²) >= 11 is 1.52. The standard InChI is InChI=1S/C18H21NOS/c1-2-3-4-5-6-7-13-8-9-16-15(12-13)14-10-11-21-17(14)18(20)19-16/h8-12H,2-7H2,1H3,(H,19,20). The van der Waals surface area contributed by atoms with Gasteiger partial charge in [0.05, 0.1) is 0 Å². The number of aromatic nitrogens is 1. The van der Waals surface area contributed by atoms with Crippen molar-refractivity contribution >= 4 is 32.3 Å². The second kappa shape index (κ2) is 6.44. The highest BCUT2D eigenvalue weighted by molar-refractivity contribution is 7.17. The van der Waals surface area contributed by atoms with Gasteiger partial charge < -0.3 is 4.98 Å². The molecule has 0 fully saturated rings. The monoisotopic (exact) mass is 299 g/mol. The summed E-state index contributed by atoms with van der Waals surface area (Å²) < 4.78 is 0.836. The van der Waals surface area contributed by atoms with Crippen LogP contribution >= 0.6 is 11.3 Å². The molecular weight excluding hydrogens is 278 g/mol. The Bertz CT molecular complexity index is 800. The maximum atomic E-state index is 12.0. The fourth-order valence-electron chi connectivity index (χ4n) is 2.89. The van der Waals surface area contributed by atoms with E-state index in [-0.39, 0.29) is 5.56 Å². The molecule has 2 aromatic heterocycles. The number of rotatable bonds is 6. The Kier molecular flexibility index (Phi) is 4.39. The maximum absolute atomic E-state index is 12.0. The van der Waals surface area contributed by atoms with E-state index in [1.807, 2.05) is 5.38 Å². The Hall–Kier alpha value is -1.61. The minimum Gasteiger partial charge on any atom is -0.321 e. The van der Waals surface area contributed by atoms with Crippen LogP contribution in [-0.2, 0) is 6.42 Å². The molecule has 3 aromatic rings. The lowest BCUT2D eigenvalue weighted by Gasteiger charge is -2.05. The van der Waals surface area contributed by atoms with Gasteiger partial charge in [-0.3, -0.25) is 4.79 Å². The number of aromatic amines is 1. The number of aryl methyl sites for hydroxylation is 1. The molecule has 0 spiro atoms. The number of nitrogens with one attached hydrogen (secondary N) is 1. The molecule has 0 aliphatic carbocycles. The highest BCUT2D eigenvalue weighted by Gasteiger charge is 2.06. The first-order chi connectivity index (χ1) is 10.3. The van der Waals surface area contributed by atoms with Crippen molar-refractivity contribution in [2.45, 2.75) is 45.4 Å². The number of benzene rings is 1. The zero-order valence-electron chi connectivity index (χ0n) is 12.4. The molecule has 0 saturated heterocycles. The van der Waals surface area contributed by atoms with Crippen molar-refractivity contribution in [2.75, 3.05) is 0 Å². The highest BCUT2D eigenvalue weighted by Crippen LogP contribution is 2.26. The Morgan fingerprint density at radius 2 is 1.90 bits per heavy atom. The van der Waals surface area contributed by atoms with Crippen LogP contribution < -0.4 is 5.56 Å². The first-order valence-corrected chi connectivity index (χ1v) is 8.69. The summed E-state index contributed by atoms with van der Waals surface area (Å²) in [6.07, 6.45) is 7.66. The average molecular weight is 299 g/mol. The molecule has 110 valence electrons. The van der Waals surface area contributed by atoms with E-state index < -0.39 is 0 Å². The van der Waals surface area contributed by atoms with Crippen molar-refractivity contribution in [3.8, 4) is 0 Å². The molecule has 0 saturated carbocycles. The van der Waals surface area contributed by atoms with Gasteiger partial charge in [0.15, 0.2) is 0 Å². The van der Waals surface area contributed by atoms with E-state index in [9.17, 15) is 4.79 Å². The lowest BCUT2D eigenvalue weighted by atomic mass is 10.0. The quantitative estimate of drug-likeness (QED) is 0.619. The van der Waals surface area contributed by atoms with Gasteiger partial charge >= 0.3 is 0 Å². The smallest absolute Gasteiger partial charge is 0.266 e. The molecule has 0 atom stereocenters. The summed E-state index contributed by atoms with van der Waals surface area (Å²) in [5, 5.41) is 4.26. The average Bonchev–Trinajstić information content (AvgIpc) is 2.98. The molecule has 0 amide bonds. The van der Waals surface area contributed by atoms with Crippen molar-refractivity contribution < 1.29 is 0 Å². The zero-order valence-corrected chi connectivity index (χ0v) is 13.3. The molecule has 0 aliphatic rings.